The molecule has 10 heteroatoms. The molecule has 4 atom stereocenters. The highest BCUT2D eigenvalue weighted by atomic mass is 19.2. The third-order valence-electron chi connectivity index (χ3n) is 5.23. The van der Waals surface area contributed by atoms with Crippen LogP contribution in [0.15, 0.2) is 35.5 Å². The lowest BCUT2D eigenvalue weighted by atomic mass is 9.79. The fourth-order valence-corrected chi connectivity index (χ4v) is 3.72. The number of benzene rings is 1. The first-order valence-electron chi connectivity index (χ1n) is 9.21. The number of hydrogen-bond acceptors (Lipinski definition) is 6. The van der Waals surface area contributed by atoms with Crippen LogP contribution in [-0.2, 0) is 23.8 Å². The summed E-state index contributed by atoms with van der Waals surface area (Å²) in [6.45, 7) is -0.378. The van der Waals surface area contributed by atoms with Crippen molar-refractivity contribution in [3.8, 4) is 0 Å². The minimum absolute atomic E-state index is 0.0203. The minimum atomic E-state index is -2.22. The second-order valence-corrected chi connectivity index (χ2v) is 6.99. The molecule has 4 unspecified atom stereocenters. The van der Waals surface area contributed by atoms with Gasteiger partial charge in [0.15, 0.2) is 0 Å². The van der Waals surface area contributed by atoms with Gasteiger partial charge in [-0.05, 0) is 17.7 Å². The Morgan fingerprint density at radius 1 is 1.03 bits per heavy atom. The molecule has 0 spiro atoms. The van der Waals surface area contributed by atoms with E-state index in [0.29, 0.717) is 0 Å². The molecule has 30 heavy (non-hydrogen) atoms. The Labute approximate surface area is 170 Å². The van der Waals surface area contributed by atoms with Gasteiger partial charge < -0.3 is 19.1 Å². The average molecular weight is 431 g/mol. The number of carbonyl (C=O) groups is 2. The summed E-state index contributed by atoms with van der Waals surface area (Å²) >= 11 is 0. The molecular weight excluding hydrogens is 410 g/mol. The summed E-state index contributed by atoms with van der Waals surface area (Å²) in [6.07, 6.45) is -9.54. The molecule has 1 heterocycles. The molecule has 0 radical (unpaired) electrons. The standard InChI is InChI=1S/C20H21F4NO5/c1-28-19(26)12-8-30-9-25(18(12)20(27)29-2)11-5-3-4-10(6-11)15-16(23)13(21)7-14(22)17(15)24/h3-6,13-17H,7-9H2,1-2H3. The van der Waals surface area contributed by atoms with E-state index < -0.39 is 49.0 Å². The van der Waals surface area contributed by atoms with E-state index in [1.54, 1.807) is 0 Å². The van der Waals surface area contributed by atoms with Crippen LogP contribution in [0.1, 0.15) is 17.9 Å². The smallest absolute Gasteiger partial charge is 0.355 e. The van der Waals surface area contributed by atoms with Gasteiger partial charge in [-0.25, -0.2) is 27.2 Å². The Morgan fingerprint density at radius 2 is 1.67 bits per heavy atom. The highest BCUT2D eigenvalue weighted by molar-refractivity contribution is 6.03. The number of rotatable bonds is 4. The first-order chi connectivity index (χ1) is 14.3. The molecule has 3 rings (SSSR count). The third-order valence-corrected chi connectivity index (χ3v) is 5.23. The summed E-state index contributed by atoms with van der Waals surface area (Å²) in [5, 5.41) is 0. The predicted molar refractivity (Wildman–Crippen MR) is 97.7 cm³/mol. The maximum absolute atomic E-state index is 14.4. The van der Waals surface area contributed by atoms with E-state index in [4.69, 9.17) is 9.47 Å². The molecule has 1 fully saturated rings. The highest BCUT2D eigenvalue weighted by Crippen LogP contribution is 2.41. The van der Waals surface area contributed by atoms with Gasteiger partial charge in [0.25, 0.3) is 0 Å². The van der Waals surface area contributed by atoms with Crippen molar-refractivity contribution in [3.63, 3.8) is 0 Å². The van der Waals surface area contributed by atoms with E-state index >= 15 is 0 Å². The van der Waals surface area contributed by atoms with Gasteiger partial charge in [0, 0.05) is 12.1 Å². The number of ether oxygens (including phenoxy) is 3. The summed E-state index contributed by atoms with van der Waals surface area (Å²) in [6, 6.07) is 5.59. The number of anilines is 1. The minimum Gasteiger partial charge on any atom is -0.466 e. The lowest BCUT2D eigenvalue weighted by Gasteiger charge is -2.35. The SMILES string of the molecule is COC(=O)C1=C(C(=O)OC)N(c2cccc(C3C(F)C(F)CC(F)C3F)c2)COC1. The quantitative estimate of drug-likeness (QED) is 0.540. The van der Waals surface area contributed by atoms with Gasteiger partial charge in [0.2, 0.25) is 0 Å². The molecular formula is C20H21F4NO5. The Hall–Kier alpha value is -2.62. The fourth-order valence-electron chi connectivity index (χ4n) is 3.72. The van der Waals surface area contributed by atoms with Gasteiger partial charge in [0.1, 0.15) is 37.1 Å². The molecule has 0 aromatic heterocycles. The molecule has 0 N–H and O–H groups in total. The molecule has 1 aliphatic heterocycles. The molecule has 2 aliphatic rings. The fraction of sp³-hybridized carbons (Fsp3) is 0.500. The zero-order valence-corrected chi connectivity index (χ0v) is 16.3. The molecule has 1 saturated carbocycles. The van der Waals surface area contributed by atoms with E-state index in [-0.39, 0.29) is 35.9 Å². The molecule has 0 bridgehead atoms. The van der Waals surface area contributed by atoms with Crippen molar-refractivity contribution < 1.29 is 41.4 Å². The van der Waals surface area contributed by atoms with E-state index in [1.165, 1.54) is 29.2 Å². The third kappa shape index (κ3) is 4.00. The molecule has 1 aromatic rings. The normalized spacial score (nSPS) is 29.5. The van der Waals surface area contributed by atoms with Crippen molar-refractivity contribution in [2.24, 2.45) is 0 Å². The monoisotopic (exact) mass is 431 g/mol. The van der Waals surface area contributed by atoms with Gasteiger partial charge in [0.05, 0.1) is 32.3 Å². The van der Waals surface area contributed by atoms with Crippen LogP contribution < -0.4 is 4.90 Å². The molecule has 6 nitrogen and oxygen atoms in total. The Kier molecular flexibility index (Phi) is 6.64. The zero-order chi connectivity index (χ0) is 22.0. The van der Waals surface area contributed by atoms with Crippen molar-refractivity contribution in [1.29, 1.82) is 0 Å². The number of nitrogens with zero attached hydrogens (tertiary/aromatic N) is 1. The molecule has 0 amide bonds. The van der Waals surface area contributed by atoms with Gasteiger partial charge in [-0.15, -0.1) is 0 Å². The second kappa shape index (κ2) is 9.03. The van der Waals surface area contributed by atoms with Crippen molar-refractivity contribution in [2.75, 3.05) is 32.5 Å². The Balaban J connectivity index is 2.04. The average Bonchev–Trinajstić information content (AvgIpc) is 2.76. The topological polar surface area (TPSA) is 65.1 Å². The van der Waals surface area contributed by atoms with Crippen molar-refractivity contribution in [1.82, 2.24) is 0 Å². The van der Waals surface area contributed by atoms with Crippen LogP contribution in [0.5, 0.6) is 0 Å². The van der Waals surface area contributed by atoms with Crippen LogP contribution in [0, 0.1) is 0 Å². The molecule has 1 aromatic carbocycles. The maximum Gasteiger partial charge on any atom is 0.355 e. The number of carbonyl (C=O) groups excluding carboxylic acids is 2. The number of methoxy groups -OCH3 is 2. The van der Waals surface area contributed by atoms with Crippen molar-refractivity contribution >= 4 is 17.6 Å². The second-order valence-electron chi connectivity index (χ2n) is 6.99. The first kappa shape index (κ1) is 22.1. The molecule has 1 aliphatic carbocycles. The predicted octanol–water partition coefficient (Wildman–Crippen LogP) is 2.92. The lowest BCUT2D eigenvalue weighted by molar-refractivity contribution is -0.140. The van der Waals surface area contributed by atoms with Crippen LogP contribution in [-0.4, -0.2) is 64.2 Å². The van der Waals surface area contributed by atoms with Crippen LogP contribution in [0.25, 0.3) is 0 Å². The van der Waals surface area contributed by atoms with E-state index in [0.717, 1.165) is 14.2 Å². The summed E-state index contributed by atoms with van der Waals surface area (Å²) in [4.78, 5) is 25.7. The maximum atomic E-state index is 14.4. The molecule has 0 saturated heterocycles. The van der Waals surface area contributed by atoms with Gasteiger partial charge in [-0.2, -0.15) is 0 Å². The van der Waals surface area contributed by atoms with E-state index in [2.05, 4.69) is 4.74 Å². The number of esters is 2. The lowest BCUT2D eigenvalue weighted by Crippen LogP contribution is -2.44. The first-order valence-corrected chi connectivity index (χ1v) is 9.21. The van der Waals surface area contributed by atoms with Gasteiger partial charge in [-0.1, -0.05) is 12.1 Å². The Morgan fingerprint density at radius 3 is 2.27 bits per heavy atom. The van der Waals surface area contributed by atoms with Crippen LogP contribution >= 0.6 is 0 Å². The largest absolute Gasteiger partial charge is 0.466 e. The molecule has 164 valence electrons. The van der Waals surface area contributed by atoms with Crippen LogP contribution in [0.3, 0.4) is 0 Å². The van der Waals surface area contributed by atoms with Crippen molar-refractivity contribution in [3.05, 3.63) is 41.1 Å². The van der Waals surface area contributed by atoms with Gasteiger partial charge in [-0.3, -0.25) is 0 Å². The van der Waals surface area contributed by atoms with Crippen LogP contribution in [0.2, 0.25) is 0 Å². The number of hydrogen-bond donors (Lipinski definition) is 0. The summed E-state index contributed by atoms with van der Waals surface area (Å²) in [5.74, 6) is -3.31. The summed E-state index contributed by atoms with van der Waals surface area (Å²) in [5.41, 5.74) is -0.00789. The number of halogens is 4. The zero-order valence-electron chi connectivity index (χ0n) is 16.3. The van der Waals surface area contributed by atoms with E-state index in [9.17, 15) is 27.2 Å². The van der Waals surface area contributed by atoms with E-state index in [1.807, 2.05) is 0 Å². The van der Waals surface area contributed by atoms with Gasteiger partial charge >= 0.3 is 11.9 Å². The van der Waals surface area contributed by atoms with Crippen molar-refractivity contribution in [2.45, 2.75) is 37.0 Å². The summed E-state index contributed by atoms with van der Waals surface area (Å²) < 4.78 is 71.4. The number of alkyl halides is 4. The summed E-state index contributed by atoms with van der Waals surface area (Å²) in [7, 11) is 2.26. The van der Waals surface area contributed by atoms with Crippen LogP contribution in [0.4, 0.5) is 23.2 Å². The Bertz CT molecular complexity index is 834. The highest BCUT2D eigenvalue weighted by Gasteiger charge is 2.47.